The number of nitrogens with zero attached hydrogens (tertiary/aromatic N) is 2. The maximum Gasteiger partial charge on any atom is 0.303 e. The van der Waals surface area contributed by atoms with Crippen LogP contribution in [0, 0.1) is 20.2 Å². The van der Waals surface area contributed by atoms with Crippen LogP contribution >= 0.6 is 46.4 Å². The van der Waals surface area contributed by atoms with Gasteiger partial charge in [0.15, 0.2) is 0 Å². The molecule has 0 spiro atoms. The lowest BCUT2D eigenvalue weighted by molar-refractivity contribution is -0.510. The molecule has 0 bridgehead atoms. The van der Waals surface area contributed by atoms with E-state index in [0.717, 1.165) is 0 Å². The van der Waals surface area contributed by atoms with E-state index in [0.29, 0.717) is 0 Å². The van der Waals surface area contributed by atoms with Gasteiger partial charge in [0.05, 0.1) is 0 Å². The molecule has 0 saturated heterocycles. The van der Waals surface area contributed by atoms with Gasteiger partial charge in [-0.25, -0.2) is 0 Å². The van der Waals surface area contributed by atoms with Gasteiger partial charge >= 0.3 is 11.0 Å². The first-order chi connectivity index (χ1) is 6.29. The molecular formula is C4H4Cl4N2O4. The van der Waals surface area contributed by atoms with Crippen molar-refractivity contribution in [1.82, 2.24) is 0 Å². The van der Waals surface area contributed by atoms with Crippen LogP contribution in [0.4, 0.5) is 0 Å². The molecule has 0 aliphatic carbocycles. The highest BCUT2D eigenvalue weighted by molar-refractivity contribution is 6.37. The summed E-state index contributed by atoms with van der Waals surface area (Å²) in [4.78, 5) is 18.5. The van der Waals surface area contributed by atoms with Crippen molar-refractivity contribution in [2.45, 2.75) is 21.8 Å². The third-order valence-corrected chi connectivity index (χ3v) is 3.50. The molecule has 0 fully saturated rings. The normalized spacial score (nSPS) is 19.4. The molecule has 4 unspecified atom stereocenters. The summed E-state index contributed by atoms with van der Waals surface area (Å²) in [5.74, 6) is 0. The van der Waals surface area contributed by atoms with Crippen molar-refractivity contribution in [3.63, 3.8) is 0 Å². The minimum absolute atomic E-state index is 0.905. The average Bonchev–Trinajstić information content (AvgIpc) is 2.12. The molecule has 0 N–H and O–H groups in total. The summed E-state index contributed by atoms with van der Waals surface area (Å²) in [7, 11) is 0. The van der Waals surface area contributed by atoms with Gasteiger partial charge in [0.2, 0.25) is 0 Å². The highest BCUT2D eigenvalue weighted by atomic mass is 35.5. The fraction of sp³-hybridized carbons (Fsp3) is 1.00. The highest BCUT2D eigenvalue weighted by Gasteiger charge is 2.42. The number of rotatable bonds is 5. The monoisotopic (exact) mass is 284 g/mol. The maximum absolute atomic E-state index is 10.2. The van der Waals surface area contributed by atoms with Gasteiger partial charge in [-0.05, 0) is 23.2 Å². The van der Waals surface area contributed by atoms with Crippen LogP contribution in [-0.4, -0.2) is 31.6 Å². The van der Waals surface area contributed by atoms with E-state index < -0.39 is 31.6 Å². The maximum atomic E-state index is 10.2. The van der Waals surface area contributed by atoms with Crippen LogP contribution in [-0.2, 0) is 0 Å². The van der Waals surface area contributed by atoms with E-state index in [9.17, 15) is 20.2 Å². The van der Waals surface area contributed by atoms with E-state index in [-0.39, 0.29) is 0 Å². The van der Waals surface area contributed by atoms with Crippen LogP contribution in [0.5, 0.6) is 0 Å². The largest absolute Gasteiger partial charge is 0.303 e. The molecule has 82 valence electrons. The number of hydrogen-bond donors (Lipinski definition) is 0. The Morgan fingerprint density at radius 1 is 0.786 bits per heavy atom. The summed E-state index contributed by atoms with van der Waals surface area (Å²) >= 11 is 21.3. The van der Waals surface area contributed by atoms with Crippen molar-refractivity contribution < 1.29 is 9.85 Å². The Bertz CT molecular complexity index is 215. The molecule has 0 amide bonds. The van der Waals surface area contributed by atoms with E-state index in [2.05, 4.69) is 0 Å². The second kappa shape index (κ2) is 5.75. The number of alkyl halides is 4. The molecule has 0 aliphatic rings. The van der Waals surface area contributed by atoms with Gasteiger partial charge in [-0.1, -0.05) is 0 Å². The van der Waals surface area contributed by atoms with Gasteiger partial charge < -0.3 is 0 Å². The van der Waals surface area contributed by atoms with Crippen molar-refractivity contribution >= 4 is 46.4 Å². The zero-order chi connectivity index (χ0) is 11.5. The lowest BCUT2D eigenvalue weighted by atomic mass is 10.3. The number of nitro groups is 2. The van der Waals surface area contributed by atoms with Crippen molar-refractivity contribution in [2.24, 2.45) is 0 Å². The summed E-state index contributed by atoms with van der Waals surface area (Å²) in [6.45, 7) is 0. The quantitative estimate of drug-likeness (QED) is 0.334. The van der Waals surface area contributed by atoms with Crippen LogP contribution in [0.2, 0.25) is 0 Å². The van der Waals surface area contributed by atoms with Crippen molar-refractivity contribution in [3.8, 4) is 0 Å². The molecule has 0 aromatic rings. The molecule has 0 aromatic heterocycles. The molecule has 0 saturated carbocycles. The van der Waals surface area contributed by atoms with Crippen LogP contribution in [0.1, 0.15) is 0 Å². The van der Waals surface area contributed by atoms with Gasteiger partial charge in [-0.2, -0.15) is 0 Å². The Hall–Kier alpha value is -0.0400. The van der Waals surface area contributed by atoms with Crippen molar-refractivity contribution in [1.29, 1.82) is 0 Å². The second-order valence-corrected chi connectivity index (χ2v) is 4.11. The standard InChI is InChI=1S/C4H4Cl4N2O4/c5-1(3(7)9(11)12)2(6)4(8)10(13)14/h1-4H. The number of hydrogen-bond acceptors (Lipinski definition) is 4. The molecule has 0 aliphatic heterocycles. The SMILES string of the molecule is O=[N+]([O-])C(Cl)C(Cl)C(Cl)C(Cl)[N+](=O)[O-]. The van der Waals surface area contributed by atoms with Crippen LogP contribution in [0.15, 0.2) is 0 Å². The molecule has 0 aromatic carbocycles. The lowest BCUT2D eigenvalue weighted by Gasteiger charge is -2.15. The third-order valence-electron chi connectivity index (χ3n) is 1.23. The highest BCUT2D eigenvalue weighted by Crippen LogP contribution is 2.24. The zero-order valence-electron chi connectivity index (χ0n) is 6.35. The number of halogens is 4. The minimum Gasteiger partial charge on any atom is -0.263 e. The van der Waals surface area contributed by atoms with E-state index in [4.69, 9.17) is 46.4 Å². The average molecular weight is 286 g/mol. The van der Waals surface area contributed by atoms with Crippen LogP contribution < -0.4 is 0 Å². The molecule has 6 nitrogen and oxygen atoms in total. The summed E-state index contributed by atoms with van der Waals surface area (Å²) in [6.07, 6.45) is 0. The predicted octanol–water partition coefficient (Wildman–Crippen LogP) is 1.88. The summed E-state index contributed by atoms with van der Waals surface area (Å²) in [5, 5.41) is 17.5. The van der Waals surface area contributed by atoms with Gasteiger partial charge in [0.25, 0.3) is 0 Å². The molecular weight excluding hydrogens is 282 g/mol. The Balaban J connectivity index is 4.45. The Morgan fingerprint density at radius 2 is 1.00 bits per heavy atom. The molecule has 0 heterocycles. The van der Waals surface area contributed by atoms with Gasteiger partial charge in [0, 0.05) is 9.85 Å². The molecule has 4 atom stereocenters. The predicted molar refractivity (Wildman–Crippen MR) is 52.6 cm³/mol. The van der Waals surface area contributed by atoms with Crippen molar-refractivity contribution in [2.75, 3.05) is 0 Å². The van der Waals surface area contributed by atoms with Crippen molar-refractivity contribution in [3.05, 3.63) is 20.2 Å². The molecule has 0 rings (SSSR count). The summed E-state index contributed by atoms with van der Waals surface area (Å²) < 4.78 is 0. The van der Waals surface area contributed by atoms with Crippen LogP contribution in [0.3, 0.4) is 0 Å². The Kier molecular flexibility index (Phi) is 5.73. The molecule has 10 heteroatoms. The minimum atomic E-state index is -1.72. The smallest absolute Gasteiger partial charge is 0.263 e. The fourth-order valence-electron chi connectivity index (χ4n) is 0.536. The first-order valence-corrected chi connectivity index (χ1v) is 4.87. The van der Waals surface area contributed by atoms with Gasteiger partial charge in [-0.15, -0.1) is 23.2 Å². The topological polar surface area (TPSA) is 86.3 Å². The zero-order valence-corrected chi connectivity index (χ0v) is 9.37. The molecule has 14 heavy (non-hydrogen) atoms. The third kappa shape index (κ3) is 3.61. The molecule has 0 radical (unpaired) electrons. The first kappa shape index (κ1) is 14.0. The van der Waals surface area contributed by atoms with E-state index >= 15 is 0 Å². The summed E-state index contributed by atoms with van der Waals surface area (Å²) in [5.41, 5.74) is -3.44. The fourth-order valence-corrected chi connectivity index (χ4v) is 1.46. The first-order valence-electron chi connectivity index (χ1n) is 3.12. The Labute approximate surface area is 98.4 Å². The van der Waals surface area contributed by atoms with E-state index in [1.165, 1.54) is 0 Å². The summed E-state index contributed by atoms with van der Waals surface area (Å²) in [6, 6.07) is 0. The van der Waals surface area contributed by atoms with E-state index in [1.807, 2.05) is 0 Å². The lowest BCUT2D eigenvalue weighted by Crippen LogP contribution is -2.39. The van der Waals surface area contributed by atoms with Gasteiger partial charge in [-0.3, -0.25) is 20.2 Å². The van der Waals surface area contributed by atoms with E-state index in [1.54, 1.807) is 0 Å². The van der Waals surface area contributed by atoms with Gasteiger partial charge in [0.1, 0.15) is 10.8 Å². The Morgan fingerprint density at radius 3 is 1.14 bits per heavy atom. The second-order valence-electron chi connectivity index (χ2n) is 2.20. The van der Waals surface area contributed by atoms with Crippen LogP contribution in [0.25, 0.3) is 0 Å².